The Morgan fingerprint density at radius 2 is 2.17 bits per heavy atom. The minimum Gasteiger partial charge on any atom is -0.445 e. The van der Waals surface area contributed by atoms with E-state index >= 15 is 0 Å². The first-order chi connectivity index (χ1) is 13.9. The van der Waals surface area contributed by atoms with Gasteiger partial charge in [0.15, 0.2) is 0 Å². The molecular weight excluding hydrogens is 371 g/mol. The molecule has 1 saturated heterocycles. The third kappa shape index (κ3) is 4.04. The Bertz CT molecular complexity index is 1030. The number of likely N-dealkylation sites (tertiary alicyclic amines) is 1. The van der Waals surface area contributed by atoms with E-state index in [4.69, 9.17) is 4.42 Å². The zero-order valence-electron chi connectivity index (χ0n) is 16.6. The summed E-state index contributed by atoms with van der Waals surface area (Å²) in [7, 11) is 0. The summed E-state index contributed by atoms with van der Waals surface area (Å²) in [6.07, 6.45) is 6.92. The lowest BCUT2D eigenvalue weighted by Gasteiger charge is -2.38. The molecule has 0 spiro atoms. The highest BCUT2D eigenvalue weighted by molar-refractivity contribution is 5.95. The molecule has 0 bridgehead atoms. The van der Waals surface area contributed by atoms with Gasteiger partial charge in [0.2, 0.25) is 5.89 Å². The van der Waals surface area contributed by atoms with Gasteiger partial charge in [0.25, 0.3) is 5.91 Å². The molecule has 0 unspecified atom stereocenters. The van der Waals surface area contributed by atoms with Crippen molar-refractivity contribution in [2.75, 3.05) is 13.1 Å². The maximum absolute atomic E-state index is 13.4. The average Bonchev–Trinajstić information content (AvgIpc) is 3.17. The summed E-state index contributed by atoms with van der Waals surface area (Å²) < 4.78 is 19.5. The molecule has 29 heavy (non-hydrogen) atoms. The number of aromatic nitrogens is 3. The van der Waals surface area contributed by atoms with Crippen molar-refractivity contribution in [3.63, 3.8) is 0 Å². The normalized spacial score (nSPS) is 19.3. The van der Waals surface area contributed by atoms with Crippen LogP contribution in [0.3, 0.4) is 0 Å². The number of amides is 1. The molecule has 4 rings (SSSR count). The van der Waals surface area contributed by atoms with Crippen molar-refractivity contribution in [2.45, 2.75) is 38.5 Å². The molecule has 0 radical (unpaired) electrons. The third-order valence-electron chi connectivity index (χ3n) is 5.46. The van der Waals surface area contributed by atoms with Gasteiger partial charge in [-0.15, -0.1) is 0 Å². The van der Waals surface area contributed by atoms with E-state index in [0.29, 0.717) is 42.4 Å². The summed E-state index contributed by atoms with van der Waals surface area (Å²) in [5, 5.41) is 0. The quantitative estimate of drug-likeness (QED) is 0.675. The van der Waals surface area contributed by atoms with Gasteiger partial charge in [-0.25, -0.2) is 19.3 Å². The molecule has 7 heteroatoms. The monoisotopic (exact) mass is 394 g/mol. The summed E-state index contributed by atoms with van der Waals surface area (Å²) in [6, 6.07) is 6.46. The van der Waals surface area contributed by atoms with Gasteiger partial charge in [-0.3, -0.25) is 4.79 Å². The lowest BCUT2D eigenvalue weighted by atomic mass is 9.81. The number of aryl methyl sites for hydroxylation is 1. The molecule has 2 aromatic heterocycles. The van der Waals surface area contributed by atoms with Gasteiger partial charge < -0.3 is 9.32 Å². The van der Waals surface area contributed by atoms with Crippen LogP contribution >= 0.6 is 0 Å². The van der Waals surface area contributed by atoms with E-state index in [-0.39, 0.29) is 17.1 Å². The Balaban J connectivity index is 1.51. The van der Waals surface area contributed by atoms with Gasteiger partial charge in [-0.05, 0) is 44.4 Å². The molecule has 6 nitrogen and oxygen atoms in total. The lowest BCUT2D eigenvalue weighted by molar-refractivity contribution is 0.0624. The number of halogens is 1. The van der Waals surface area contributed by atoms with Crippen LogP contribution < -0.4 is 0 Å². The largest absolute Gasteiger partial charge is 0.445 e. The molecule has 0 saturated carbocycles. The van der Waals surface area contributed by atoms with E-state index in [1.165, 1.54) is 18.5 Å². The first kappa shape index (κ1) is 19.2. The molecule has 1 amide bonds. The fraction of sp³-hybridized carbons (Fsp3) is 0.364. The van der Waals surface area contributed by atoms with Crippen molar-refractivity contribution in [1.29, 1.82) is 0 Å². The number of rotatable bonds is 4. The van der Waals surface area contributed by atoms with Crippen LogP contribution in [-0.4, -0.2) is 38.8 Å². The molecule has 1 aliphatic rings. The van der Waals surface area contributed by atoms with Crippen molar-refractivity contribution in [1.82, 2.24) is 19.9 Å². The predicted molar refractivity (Wildman–Crippen MR) is 105 cm³/mol. The standard InChI is InChI=1S/C22H23FN4O2/c1-15-19(12-24-14-26-15)20(28)27-8-4-7-22(2,13-27)21-25-11-18(29-21)10-16-5-3-6-17(23)9-16/h3,5-6,9,11-12,14H,4,7-8,10,13H2,1-2H3/t22-/m1/s1. The van der Waals surface area contributed by atoms with Gasteiger partial charge in [-0.1, -0.05) is 12.1 Å². The van der Waals surface area contributed by atoms with E-state index in [1.807, 2.05) is 17.9 Å². The van der Waals surface area contributed by atoms with E-state index in [0.717, 1.165) is 18.4 Å². The lowest BCUT2D eigenvalue weighted by Crippen LogP contribution is -2.47. The Hall–Kier alpha value is -3.09. The average molecular weight is 394 g/mol. The van der Waals surface area contributed by atoms with Gasteiger partial charge in [0, 0.05) is 25.7 Å². The van der Waals surface area contributed by atoms with E-state index < -0.39 is 0 Å². The van der Waals surface area contributed by atoms with Crippen LogP contribution in [0.4, 0.5) is 4.39 Å². The second kappa shape index (κ2) is 7.73. The Kier molecular flexibility index (Phi) is 5.13. The first-order valence-corrected chi connectivity index (χ1v) is 9.70. The maximum atomic E-state index is 13.4. The van der Waals surface area contributed by atoms with Crippen LogP contribution in [-0.2, 0) is 11.8 Å². The Morgan fingerprint density at radius 3 is 2.97 bits per heavy atom. The van der Waals surface area contributed by atoms with Crippen LogP contribution in [0.2, 0.25) is 0 Å². The van der Waals surface area contributed by atoms with Crippen LogP contribution in [0.25, 0.3) is 0 Å². The summed E-state index contributed by atoms with van der Waals surface area (Å²) >= 11 is 0. The van der Waals surface area contributed by atoms with E-state index in [1.54, 1.807) is 18.5 Å². The third-order valence-corrected chi connectivity index (χ3v) is 5.46. The number of nitrogens with zero attached hydrogens (tertiary/aromatic N) is 4. The number of hydrogen-bond acceptors (Lipinski definition) is 5. The fourth-order valence-corrected chi connectivity index (χ4v) is 3.87. The van der Waals surface area contributed by atoms with Crippen LogP contribution in [0, 0.1) is 12.7 Å². The van der Waals surface area contributed by atoms with Crippen LogP contribution in [0.15, 0.2) is 47.4 Å². The summed E-state index contributed by atoms with van der Waals surface area (Å²) in [5.74, 6) is 0.960. The number of piperidine rings is 1. The molecule has 1 fully saturated rings. The number of carbonyl (C=O) groups excluding carboxylic acids is 1. The van der Waals surface area contributed by atoms with Gasteiger partial charge in [-0.2, -0.15) is 0 Å². The van der Waals surface area contributed by atoms with Crippen molar-refractivity contribution in [3.8, 4) is 0 Å². The first-order valence-electron chi connectivity index (χ1n) is 9.70. The maximum Gasteiger partial charge on any atom is 0.257 e. The highest BCUT2D eigenvalue weighted by Gasteiger charge is 2.39. The molecule has 1 aromatic carbocycles. The second-order valence-electron chi connectivity index (χ2n) is 7.85. The summed E-state index contributed by atoms with van der Waals surface area (Å²) in [4.78, 5) is 27.4. The zero-order valence-corrected chi connectivity index (χ0v) is 16.6. The predicted octanol–water partition coefficient (Wildman–Crippen LogP) is 3.70. The second-order valence-corrected chi connectivity index (χ2v) is 7.85. The van der Waals surface area contributed by atoms with Crippen molar-refractivity contribution >= 4 is 5.91 Å². The smallest absolute Gasteiger partial charge is 0.257 e. The van der Waals surface area contributed by atoms with Crippen molar-refractivity contribution in [3.05, 3.63) is 77.3 Å². The van der Waals surface area contributed by atoms with E-state index in [2.05, 4.69) is 21.9 Å². The molecule has 1 aliphatic heterocycles. The number of carbonyl (C=O) groups is 1. The van der Waals surface area contributed by atoms with Crippen LogP contribution in [0.5, 0.6) is 0 Å². The van der Waals surface area contributed by atoms with Gasteiger partial charge in [0.1, 0.15) is 17.9 Å². The summed E-state index contributed by atoms with van der Waals surface area (Å²) in [6.45, 7) is 5.07. The highest BCUT2D eigenvalue weighted by Crippen LogP contribution is 2.34. The van der Waals surface area contributed by atoms with Crippen LogP contribution in [0.1, 0.15) is 53.0 Å². The molecule has 3 heterocycles. The molecule has 3 aromatic rings. The number of benzene rings is 1. The van der Waals surface area contributed by atoms with E-state index in [9.17, 15) is 9.18 Å². The van der Waals surface area contributed by atoms with Gasteiger partial charge in [0.05, 0.1) is 22.9 Å². The van der Waals surface area contributed by atoms with Crippen molar-refractivity contribution < 1.29 is 13.6 Å². The minimum absolute atomic E-state index is 0.0689. The Morgan fingerprint density at radius 1 is 1.31 bits per heavy atom. The summed E-state index contributed by atoms with van der Waals surface area (Å²) in [5.41, 5.74) is 1.65. The number of oxazole rings is 1. The minimum atomic E-state index is -0.377. The van der Waals surface area contributed by atoms with Gasteiger partial charge >= 0.3 is 0 Å². The highest BCUT2D eigenvalue weighted by atomic mass is 19.1. The zero-order chi connectivity index (χ0) is 20.4. The molecule has 1 atom stereocenters. The van der Waals surface area contributed by atoms with Crippen molar-refractivity contribution in [2.24, 2.45) is 0 Å². The topological polar surface area (TPSA) is 72.1 Å². The molecular formula is C22H23FN4O2. The Labute approximate surface area is 168 Å². The molecule has 0 N–H and O–H groups in total. The number of hydrogen-bond donors (Lipinski definition) is 0. The molecule has 150 valence electrons. The SMILES string of the molecule is Cc1ncncc1C(=O)N1CCC[C@@](C)(c2ncc(Cc3cccc(F)c3)o2)C1. The molecule has 0 aliphatic carbocycles. The fourth-order valence-electron chi connectivity index (χ4n) is 3.87.